The summed E-state index contributed by atoms with van der Waals surface area (Å²) in [6, 6.07) is 4.24. The van der Waals surface area contributed by atoms with Crippen LogP contribution in [0.1, 0.15) is 24.9 Å². The number of carbonyl (C=O) groups is 1. The number of hydrogen-bond donors (Lipinski definition) is 1. The van der Waals surface area contributed by atoms with Crippen molar-refractivity contribution in [1.29, 1.82) is 0 Å². The van der Waals surface area contributed by atoms with Gasteiger partial charge in [0.25, 0.3) is 0 Å². The van der Waals surface area contributed by atoms with E-state index in [0.717, 1.165) is 12.5 Å². The summed E-state index contributed by atoms with van der Waals surface area (Å²) in [6.45, 7) is 3.20. The Labute approximate surface area is 150 Å². The molecular weight excluding hydrogens is 342 g/mol. The molecule has 26 heavy (non-hydrogen) atoms. The Morgan fingerprint density at radius 1 is 1.38 bits per heavy atom. The minimum atomic E-state index is -0.844. The molecule has 8 heteroatoms. The van der Waals surface area contributed by atoms with Crippen molar-refractivity contribution >= 4 is 11.6 Å². The predicted octanol–water partition coefficient (Wildman–Crippen LogP) is 2.58. The van der Waals surface area contributed by atoms with Crippen LogP contribution in [0, 0.1) is 11.6 Å². The highest BCUT2D eigenvalue weighted by atomic mass is 19.2. The number of amides is 1. The Bertz CT molecular complexity index is 780. The summed E-state index contributed by atoms with van der Waals surface area (Å²) in [6.07, 6.45) is 4.24. The van der Waals surface area contributed by atoms with Gasteiger partial charge in [-0.2, -0.15) is 5.10 Å². The summed E-state index contributed by atoms with van der Waals surface area (Å²) in [7, 11) is 1.64. The topological polar surface area (TPSA) is 59.4 Å². The molecule has 1 aliphatic rings. The zero-order valence-corrected chi connectivity index (χ0v) is 14.8. The van der Waals surface area contributed by atoms with Crippen molar-refractivity contribution in [2.75, 3.05) is 25.6 Å². The summed E-state index contributed by atoms with van der Waals surface area (Å²) in [4.78, 5) is 13.3. The van der Waals surface area contributed by atoms with Crippen LogP contribution in [0.3, 0.4) is 0 Å². The van der Waals surface area contributed by atoms with Crippen molar-refractivity contribution in [3.8, 4) is 0 Å². The lowest BCUT2D eigenvalue weighted by atomic mass is 10.1. The van der Waals surface area contributed by atoms with Crippen molar-refractivity contribution in [2.45, 2.75) is 32.0 Å². The molecule has 0 bridgehead atoms. The van der Waals surface area contributed by atoms with E-state index in [1.54, 1.807) is 25.6 Å². The second-order valence-corrected chi connectivity index (χ2v) is 6.57. The molecule has 0 radical (unpaired) electrons. The molecule has 1 fully saturated rings. The van der Waals surface area contributed by atoms with Crippen molar-refractivity contribution < 1.29 is 18.3 Å². The Morgan fingerprint density at radius 2 is 2.19 bits per heavy atom. The molecule has 1 aromatic carbocycles. The number of nitrogens with one attached hydrogen (secondary N) is 1. The van der Waals surface area contributed by atoms with Crippen LogP contribution in [0.4, 0.5) is 14.5 Å². The molecule has 2 heterocycles. The molecule has 6 nitrogen and oxygen atoms in total. The Balaban J connectivity index is 1.72. The number of methoxy groups -OCH3 is 1. The van der Waals surface area contributed by atoms with Crippen LogP contribution < -0.4 is 5.32 Å². The van der Waals surface area contributed by atoms with E-state index in [2.05, 4.69) is 15.3 Å². The molecule has 140 valence electrons. The molecule has 0 unspecified atom stereocenters. The van der Waals surface area contributed by atoms with Crippen molar-refractivity contribution in [3.05, 3.63) is 47.8 Å². The fourth-order valence-corrected chi connectivity index (χ4v) is 3.39. The van der Waals surface area contributed by atoms with Gasteiger partial charge in [0.1, 0.15) is 0 Å². The van der Waals surface area contributed by atoms with E-state index >= 15 is 0 Å². The minimum absolute atomic E-state index is 0.114. The third-order valence-electron chi connectivity index (χ3n) is 4.53. The summed E-state index contributed by atoms with van der Waals surface area (Å²) >= 11 is 0. The number of benzene rings is 1. The second kappa shape index (κ2) is 7.92. The largest absolute Gasteiger partial charge is 0.383 e. The van der Waals surface area contributed by atoms with E-state index in [4.69, 9.17) is 4.74 Å². The first-order valence-electron chi connectivity index (χ1n) is 8.45. The number of hydrogen-bond acceptors (Lipinski definition) is 4. The van der Waals surface area contributed by atoms with Gasteiger partial charge < -0.3 is 10.1 Å². The Hall–Kier alpha value is -2.32. The maximum Gasteiger partial charge on any atom is 0.221 e. The molecule has 1 aliphatic heterocycles. The van der Waals surface area contributed by atoms with Crippen molar-refractivity contribution in [1.82, 2.24) is 14.7 Å². The van der Waals surface area contributed by atoms with Crippen LogP contribution in [0.15, 0.2) is 30.6 Å². The summed E-state index contributed by atoms with van der Waals surface area (Å²) in [5.74, 6) is -1.83. The van der Waals surface area contributed by atoms with Gasteiger partial charge in [-0.25, -0.2) is 8.78 Å². The lowest BCUT2D eigenvalue weighted by molar-refractivity contribution is -0.114. The molecule has 1 amide bonds. The highest BCUT2D eigenvalue weighted by Gasteiger charge is 2.33. The van der Waals surface area contributed by atoms with Crippen LogP contribution >= 0.6 is 0 Å². The predicted molar refractivity (Wildman–Crippen MR) is 92.6 cm³/mol. The summed E-state index contributed by atoms with van der Waals surface area (Å²) < 4.78 is 33.8. The summed E-state index contributed by atoms with van der Waals surface area (Å²) in [5, 5.41) is 7.05. The average Bonchev–Trinajstić information content (AvgIpc) is 3.18. The number of rotatable bonds is 6. The number of halogens is 2. The van der Waals surface area contributed by atoms with E-state index in [1.165, 1.54) is 13.0 Å². The zero-order valence-electron chi connectivity index (χ0n) is 14.8. The van der Waals surface area contributed by atoms with E-state index in [1.807, 2.05) is 4.68 Å². The maximum absolute atomic E-state index is 13.5. The molecular formula is C18H22F2N4O2. The number of nitrogens with zero attached hydrogens (tertiary/aromatic N) is 3. The van der Waals surface area contributed by atoms with Gasteiger partial charge in [-0.15, -0.1) is 0 Å². The minimum Gasteiger partial charge on any atom is -0.383 e. The quantitative estimate of drug-likeness (QED) is 0.856. The van der Waals surface area contributed by atoms with Gasteiger partial charge in [0.05, 0.1) is 24.5 Å². The zero-order chi connectivity index (χ0) is 18.7. The van der Waals surface area contributed by atoms with Gasteiger partial charge in [-0.3, -0.25) is 14.4 Å². The van der Waals surface area contributed by atoms with E-state index < -0.39 is 11.6 Å². The van der Waals surface area contributed by atoms with E-state index in [0.29, 0.717) is 30.9 Å². The molecule has 3 rings (SSSR count). The number of aromatic nitrogens is 2. The van der Waals surface area contributed by atoms with Crippen LogP contribution in [-0.2, 0) is 16.1 Å². The van der Waals surface area contributed by atoms with Crippen LogP contribution in [0.25, 0.3) is 0 Å². The SMILES string of the molecule is COC[C@@H]1C[C@H](n2cc(NC(C)=O)cn2)CN1Cc1ccc(F)c(F)c1. The number of carbonyl (C=O) groups excluding carboxylic acids is 1. The lowest BCUT2D eigenvalue weighted by Crippen LogP contribution is -2.32. The highest BCUT2D eigenvalue weighted by Crippen LogP contribution is 2.29. The molecule has 0 saturated carbocycles. The van der Waals surface area contributed by atoms with Gasteiger partial charge in [-0.1, -0.05) is 6.07 Å². The number of anilines is 1. The Morgan fingerprint density at radius 3 is 2.88 bits per heavy atom. The summed E-state index contributed by atoms with van der Waals surface area (Å²) in [5.41, 5.74) is 1.37. The third-order valence-corrected chi connectivity index (χ3v) is 4.53. The standard InChI is InChI=1S/C18H22F2N4O2/c1-12(25)22-14-7-21-24(9-14)15-6-16(11-26-2)23(10-15)8-13-3-4-17(19)18(20)5-13/h3-5,7,9,15-16H,6,8,10-11H2,1-2H3,(H,22,25)/t15-,16-/m0/s1. The van der Waals surface area contributed by atoms with Gasteiger partial charge in [0.2, 0.25) is 5.91 Å². The monoisotopic (exact) mass is 364 g/mol. The van der Waals surface area contributed by atoms with Crippen LogP contribution in [-0.4, -0.2) is 46.9 Å². The molecule has 2 aromatic rings. The van der Waals surface area contributed by atoms with Crippen molar-refractivity contribution in [2.24, 2.45) is 0 Å². The second-order valence-electron chi connectivity index (χ2n) is 6.57. The fourth-order valence-electron chi connectivity index (χ4n) is 3.39. The molecule has 0 aliphatic carbocycles. The van der Waals surface area contributed by atoms with Gasteiger partial charge in [0.15, 0.2) is 11.6 Å². The fraction of sp³-hybridized carbons (Fsp3) is 0.444. The number of likely N-dealkylation sites (tertiary alicyclic amines) is 1. The molecule has 2 atom stereocenters. The molecule has 1 N–H and O–H groups in total. The first-order chi connectivity index (χ1) is 12.5. The average molecular weight is 364 g/mol. The normalized spacial score (nSPS) is 20.5. The highest BCUT2D eigenvalue weighted by molar-refractivity contribution is 5.88. The van der Waals surface area contributed by atoms with E-state index in [9.17, 15) is 13.6 Å². The number of ether oxygens (including phenoxy) is 1. The maximum atomic E-state index is 13.5. The van der Waals surface area contributed by atoms with Crippen LogP contribution in [0.5, 0.6) is 0 Å². The molecule has 1 saturated heterocycles. The molecule has 1 aromatic heterocycles. The van der Waals surface area contributed by atoms with Crippen molar-refractivity contribution in [3.63, 3.8) is 0 Å². The van der Waals surface area contributed by atoms with Gasteiger partial charge in [-0.05, 0) is 24.1 Å². The third kappa shape index (κ3) is 4.25. The first kappa shape index (κ1) is 18.5. The smallest absolute Gasteiger partial charge is 0.221 e. The first-order valence-corrected chi connectivity index (χ1v) is 8.45. The van der Waals surface area contributed by atoms with Crippen LogP contribution in [0.2, 0.25) is 0 Å². The van der Waals surface area contributed by atoms with Gasteiger partial charge in [0, 0.05) is 39.4 Å². The van der Waals surface area contributed by atoms with E-state index in [-0.39, 0.29) is 18.0 Å². The van der Waals surface area contributed by atoms with Gasteiger partial charge >= 0.3 is 0 Å². The lowest BCUT2D eigenvalue weighted by Gasteiger charge is -2.23. The molecule has 0 spiro atoms. The Kier molecular flexibility index (Phi) is 5.63.